The summed E-state index contributed by atoms with van der Waals surface area (Å²) in [5, 5.41) is 9.41. The number of methoxy groups -OCH3 is 1. The smallest absolute Gasteiger partial charge is 0.193 e. The third kappa shape index (κ3) is 2.68. The molecule has 0 aliphatic heterocycles. The first-order valence-corrected chi connectivity index (χ1v) is 7.11. The molecule has 0 aliphatic carbocycles. The van der Waals surface area contributed by atoms with Crippen molar-refractivity contribution in [1.82, 2.24) is 9.38 Å². The topological polar surface area (TPSA) is 85.6 Å². The molecule has 3 N–H and O–H groups in total. The number of ether oxygens (including phenoxy) is 2. The summed E-state index contributed by atoms with van der Waals surface area (Å²) in [4.78, 5) is 5.39. The fourth-order valence-electron chi connectivity index (χ4n) is 1.95. The van der Waals surface area contributed by atoms with E-state index in [1.807, 2.05) is 22.2 Å². The van der Waals surface area contributed by atoms with Gasteiger partial charge in [0.25, 0.3) is 0 Å². The molecule has 0 atom stereocenters. The van der Waals surface area contributed by atoms with Gasteiger partial charge >= 0.3 is 0 Å². The highest BCUT2D eigenvalue weighted by atomic mass is 32.1. The van der Waals surface area contributed by atoms with E-state index < -0.39 is 0 Å². The van der Waals surface area contributed by atoms with Gasteiger partial charge in [-0.25, -0.2) is 4.98 Å². The van der Waals surface area contributed by atoms with Gasteiger partial charge in [-0.3, -0.25) is 9.81 Å². The van der Waals surface area contributed by atoms with E-state index in [9.17, 15) is 0 Å². The number of hydrogen-bond acceptors (Lipinski definition) is 5. The van der Waals surface area contributed by atoms with Crippen LogP contribution in [-0.4, -0.2) is 22.3 Å². The lowest BCUT2D eigenvalue weighted by atomic mass is 10.2. The van der Waals surface area contributed by atoms with E-state index in [-0.39, 0.29) is 5.84 Å². The Morgan fingerprint density at radius 1 is 1.43 bits per heavy atom. The Kier molecular flexibility index (Phi) is 3.49. The highest BCUT2D eigenvalue weighted by Crippen LogP contribution is 2.28. The largest absolute Gasteiger partial charge is 0.493 e. The van der Waals surface area contributed by atoms with Crippen LogP contribution in [0.3, 0.4) is 0 Å². The lowest BCUT2D eigenvalue weighted by molar-refractivity contribution is 0.281. The number of amidine groups is 1. The van der Waals surface area contributed by atoms with Gasteiger partial charge in [0.15, 0.2) is 16.5 Å². The van der Waals surface area contributed by atoms with Gasteiger partial charge in [0.2, 0.25) is 0 Å². The van der Waals surface area contributed by atoms with Crippen LogP contribution in [0, 0.1) is 5.41 Å². The van der Waals surface area contributed by atoms with Crippen molar-refractivity contribution < 1.29 is 9.47 Å². The predicted octanol–water partition coefficient (Wildman–Crippen LogP) is 2.27. The van der Waals surface area contributed by atoms with Gasteiger partial charge in [0.05, 0.1) is 12.8 Å². The third-order valence-electron chi connectivity index (χ3n) is 2.99. The molecule has 21 heavy (non-hydrogen) atoms. The van der Waals surface area contributed by atoms with Gasteiger partial charge in [0.1, 0.15) is 12.4 Å². The van der Waals surface area contributed by atoms with Gasteiger partial charge < -0.3 is 15.2 Å². The molecule has 108 valence electrons. The van der Waals surface area contributed by atoms with Gasteiger partial charge in [-0.15, -0.1) is 11.3 Å². The number of nitrogens with one attached hydrogen (secondary N) is 1. The zero-order valence-corrected chi connectivity index (χ0v) is 12.2. The number of nitrogens with zero attached hydrogens (tertiary/aromatic N) is 2. The summed E-state index contributed by atoms with van der Waals surface area (Å²) in [5.41, 5.74) is 6.90. The second-order valence-electron chi connectivity index (χ2n) is 4.39. The Labute approximate surface area is 125 Å². The summed E-state index contributed by atoms with van der Waals surface area (Å²) >= 11 is 1.58. The van der Waals surface area contributed by atoms with Crippen LogP contribution < -0.4 is 15.2 Å². The molecule has 0 amide bonds. The van der Waals surface area contributed by atoms with Crippen molar-refractivity contribution in [3.8, 4) is 11.5 Å². The molecule has 2 heterocycles. The Bertz CT molecular complexity index is 765. The van der Waals surface area contributed by atoms with Crippen molar-refractivity contribution in [3.05, 3.63) is 47.2 Å². The normalized spacial score (nSPS) is 10.7. The first kappa shape index (κ1) is 13.4. The van der Waals surface area contributed by atoms with Crippen LogP contribution in [0.25, 0.3) is 4.96 Å². The van der Waals surface area contributed by atoms with Crippen molar-refractivity contribution >= 4 is 22.1 Å². The monoisotopic (exact) mass is 302 g/mol. The van der Waals surface area contributed by atoms with Gasteiger partial charge in [-0.1, -0.05) is 0 Å². The van der Waals surface area contributed by atoms with Crippen molar-refractivity contribution in [1.29, 1.82) is 5.41 Å². The van der Waals surface area contributed by atoms with Crippen molar-refractivity contribution in [2.45, 2.75) is 6.61 Å². The Morgan fingerprint density at radius 3 is 3.00 bits per heavy atom. The fraction of sp³-hybridized carbons (Fsp3) is 0.143. The van der Waals surface area contributed by atoms with Crippen LogP contribution in [0.1, 0.15) is 11.3 Å². The minimum absolute atomic E-state index is 0.00538. The molecule has 0 saturated heterocycles. The van der Waals surface area contributed by atoms with Gasteiger partial charge in [-0.2, -0.15) is 0 Å². The average Bonchev–Trinajstić information content (AvgIpc) is 3.05. The lowest BCUT2D eigenvalue weighted by Gasteiger charge is -2.11. The van der Waals surface area contributed by atoms with Crippen LogP contribution in [0.2, 0.25) is 0 Å². The highest BCUT2D eigenvalue weighted by Gasteiger charge is 2.09. The maximum atomic E-state index is 7.43. The number of aromatic nitrogens is 2. The third-order valence-corrected chi connectivity index (χ3v) is 3.76. The number of nitrogens with two attached hydrogens (primary N) is 1. The second-order valence-corrected chi connectivity index (χ2v) is 5.27. The number of benzene rings is 1. The first-order valence-electron chi connectivity index (χ1n) is 6.23. The molecule has 3 aromatic rings. The number of imidazole rings is 1. The summed E-state index contributed by atoms with van der Waals surface area (Å²) in [6.45, 7) is 0.351. The van der Waals surface area contributed by atoms with Gasteiger partial charge in [-0.05, 0) is 18.2 Å². The standard InChI is InChI=1S/C14H14N4O2S/c1-19-12-6-9(13(15)16)2-3-11(12)20-8-10-7-18-4-5-21-14(18)17-10/h2-7H,8H2,1H3,(H3,15,16). The van der Waals surface area contributed by atoms with Crippen LogP contribution in [0.5, 0.6) is 11.5 Å². The van der Waals surface area contributed by atoms with Crippen molar-refractivity contribution in [2.24, 2.45) is 5.73 Å². The molecule has 3 rings (SSSR count). The molecule has 2 aromatic heterocycles. The Hall–Kier alpha value is -2.54. The molecule has 1 aromatic carbocycles. The van der Waals surface area contributed by atoms with E-state index in [4.69, 9.17) is 20.6 Å². The molecule has 0 unspecified atom stereocenters. The van der Waals surface area contributed by atoms with Crippen LogP contribution >= 0.6 is 11.3 Å². The molecule has 6 nitrogen and oxygen atoms in total. The number of rotatable bonds is 5. The van der Waals surface area contributed by atoms with Crippen LogP contribution in [0.15, 0.2) is 36.0 Å². The SMILES string of the molecule is COc1cc(C(=N)N)ccc1OCc1cn2ccsc2n1. The van der Waals surface area contributed by atoms with Crippen molar-refractivity contribution in [3.63, 3.8) is 0 Å². The summed E-state index contributed by atoms with van der Waals surface area (Å²) < 4.78 is 13.0. The lowest BCUT2D eigenvalue weighted by Crippen LogP contribution is -2.11. The molecule has 0 fully saturated rings. The van der Waals surface area contributed by atoms with E-state index in [1.165, 1.54) is 0 Å². The molecular weight excluding hydrogens is 288 g/mol. The summed E-state index contributed by atoms with van der Waals surface area (Å²) in [5.74, 6) is 1.14. The average molecular weight is 302 g/mol. The molecule has 0 radical (unpaired) electrons. The van der Waals surface area contributed by atoms with Crippen molar-refractivity contribution in [2.75, 3.05) is 7.11 Å². The van der Waals surface area contributed by atoms with E-state index in [2.05, 4.69) is 4.98 Å². The van der Waals surface area contributed by atoms with Crippen LogP contribution in [-0.2, 0) is 6.61 Å². The predicted molar refractivity (Wildman–Crippen MR) is 81.4 cm³/mol. The zero-order chi connectivity index (χ0) is 14.8. The minimum atomic E-state index is -0.00538. The van der Waals surface area contributed by atoms with E-state index in [0.717, 1.165) is 10.7 Å². The molecule has 0 aliphatic rings. The Morgan fingerprint density at radius 2 is 2.29 bits per heavy atom. The number of fused-ring (bicyclic) bond motifs is 1. The summed E-state index contributed by atoms with van der Waals surface area (Å²) in [7, 11) is 1.55. The van der Waals surface area contributed by atoms with Gasteiger partial charge in [0, 0.05) is 23.3 Å². The number of thiazole rings is 1. The molecular formula is C14H14N4O2S. The van der Waals surface area contributed by atoms with E-state index in [0.29, 0.717) is 23.7 Å². The molecule has 0 saturated carbocycles. The summed E-state index contributed by atoms with van der Waals surface area (Å²) in [6.07, 6.45) is 3.89. The second kappa shape index (κ2) is 5.45. The molecule has 0 spiro atoms. The minimum Gasteiger partial charge on any atom is -0.493 e. The first-order chi connectivity index (χ1) is 10.2. The molecule has 7 heteroatoms. The highest BCUT2D eigenvalue weighted by molar-refractivity contribution is 7.15. The maximum absolute atomic E-state index is 7.43. The van der Waals surface area contributed by atoms with E-state index >= 15 is 0 Å². The zero-order valence-electron chi connectivity index (χ0n) is 11.4. The quantitative estimate of drug-likeness (QED) is 0.559. The fourth-order valence-corrected chi connectivity index (χ4v) is 2.67. The van der Waals surface area contributed by atoms with Crippen LogP contribution in [0.4, 0.5) is 0 Å². The molecule has 0 bridgehead atoms. The number of nitrogen functional groups attached to an aromatic ring is 1. The summed E-state index contributed by atoms with van der Waals surface area (Å²) in [6, 6.07) is 5.16. The number of hydrogen-bond donors (Lipinski definition) is 2. The maximum Gasteiger partial charge on any atom is 0.193 e. The Balaban J connectivity index is 1.77. The van der Waals surface area contributed by atoms with E-state index in [1.54, 1.807) is 36.6 Å².